The zero-order chi connectivity index (χ0) is 17.8. The highest BCUT2D eigenvalue weighted by Gasteiger charge is 2.22. The summed E-state index contributed by atoms with van der Waals surface area (Å²) in [5, 5.41) is 13.1. The molecular weight excluding hydrogens is 340 g/mol. The highest BCUT2D eigenvalue weighted by atomic mass is 35.5. The van der Waals surface area contributed by atoms with Crippen molar-refractivity contribution < 1.29 is 14.3 Å². The van der Waals surface area contributed by atoms with Crippen LogP contribution in [0.2, 0.25) is 5.02 Å². The fourth-order valence-corrected chi connectivity index (χ4v) is 3.58. The van der Waals surface area contributed by atoms with Crippen molar-refractivity contribution in [3.63, 3.8) is 0 Å². The molecule has 1 unspecified atom stereocenters. The van der Waals surface area contributed by atoms with Crippen LogP contribution in [0.25, 0.3) is 11.3 Å². The molecule has 2 N–H and O–H groups in total. The van der Waals surface area contributed by atoms with E-state index < -0.39 is 5.97 Å². The van der Waals surface area contributed by atoms with E-state index in [2.05, 4.69) is 17.1 Å². The van der Waals surface area contributed by atoms with Crippen LogP contribution in [0.3, 0.4) is 0 Å². The van der Waals surface area contributed by atoms with Gasteiger partial charge in [-0.1, -0.05) is 18.5 Å². The average molecular weight is 363 g/mol. The summed E-state index contributed by atoms with van der Waals surface area (Å²) < 4.78 is 5.85. The van der Waals surface area contributed by atoms with Crippen LogP contribution in [0, 0.1) is 0 Å². The maximum Gasteiger partial charge on any atom is 0.335 e. The molecule has 2 aromatic rings. The molecule has 134 valence electrons. The molecule has 1 fully saturated rings. The SMILES string of the molecule is CCN1CCCC1CNCc1ccc(-c2cc(C(=O)O)ccc2Cl)o1. The molecule has 1 atom stereocenters. The third kappa shape index (κ3) is 4.24. The van der Waals surface area contributed by atoms with Crippen LogP contribution in [0.4, 0.5) is 0 Å². The summed E-state index contributed by atoms with van der Waals surface area (Å²) in [5.41, 5.74) is 0.789. The minimum atomic E-state index is -0.983. The number of hydrogen-bond donors (Lipinski definition) is 2. The molecule has 1 saturated heterocycles. The van der Waals surface area contributed by atoms with Crippen molar-refractivity contribution in [2.45, 2.75) is 32.4 Å². The first kappa shape index (κ1) is 18.0. The summed E-state index contributed by atoms with van der Waals surface area (Å²) in [6.45, 7) is 6.07. The van der Waals surface area contributed by atoms with Crippen LogP contribution in [0.1, 0.15) is 35.9 Å². The maximum atomic E-state index is 11.1. The molecule has 6 heteroatoms. The number of furan rings is 1. The summed E-state index contributed by atoms with van der Waals surface area (Å²) in [5.74, 6) is 0.414. The summed E-state index contributed by atoms with van der Waals surface area (Å²) >= 11 is 6.19. The van der Waals surface area contributed by atoms with Gasteiger partial charge in [0.2, 0.25) is 0 Å². The van der Waals surface area contributed by atoms with Gasteiger partial charge in [-0.05, 0) is 56.3 Å². The molecule has 5 nitrogen and oxygen atoms in total. The second kappa shape index (κ2) is 8.04. The number of hydrogen-bond acceptors (Lipinski definition) is 4. The molecule has 2 heterocycles. The third-order valence-electron chi connectivity index (χ3n) is 4.72. The normalized spacial score (nSPS) is 17.9. The number of benzene rings is 1. The number of carbonyl (C=O) groups is 1. The van der Waals surface area contributed by atoms with E-state index in [1.807, 2.05) is 12.1 Å². The lowest BCUT2D eigenvalue weighted by Crippen LogP contribution is -2.37. The number of likely N-dealkylation sites (tertiary alicyclic amines) is 1. The van der Waals surface area contributed by atoms with Crippen LogP contribution in [0.5, 0.6) is 0 Å². The van der Waals surface area contributed by atoms with Gasteiger partial charge in [-0.25, -0.2) is 4.79 Å². The Morgan fingerprint density at radius 3 is 3.00 bits per heavy atom. The molecule has 0 bridgehead atoms. The largest absolute Gasteiger partial charge is 0.478 e. The van der Waals surface area contributed by atoms with Gasteiger partial charge in [-0.3, -0.25) is 4.90 Å². The molecule has 0 amide bonds. The van der Waals surface area contributed by atoms with Gasteiger partial charge in [0.1, 0.15) is 11.5 Å². The first-order valence-electron chi connectivity index (χ1n) is 8.65. The molecule has 1 aliphatic heterocycles. The molecule has 1 aliphatic rings. The van der Waals surface area contributed by atoms with Crippen molar-refractivity contribution in [2.75, 3.05) is 19.6 Å². The van der Waals surface area contributed by atoms with E-state index in [0.29, 0.717) is 28.9 Å². The fraction of sp³-hybridized carbons (Fsp3) is 0.421. The predicted octanol–water partition coefficient (Wildman–Crippen LogP) is 3.87. The van der Waals surface area contributed by atoms with Crippen molar-refractivity contribution >= 4 is 17.6 Å². The van der Waals surface area contributed by atoms with Crippen molar-refractivity contribution in [1.29, 1.82) is 0 Å². The molecule has 0 spiro atoms. The number of carboxylic acid groups (broad SMARTS) is 1. The van der Waals surface area contributed by atoms with Crippen molar-refractivity contribution in [3.8, 4) is 11.3 Å². The fourth-order valence-electron chi connectivity index (χ4n) is 3.37. The third-order valence-corrected chi connectivity index (χ3v) is 5.05. The van der Waals surface area contributed by atoms with E-state index in [9.17, 15) is 4.79 Å². The number of rotatable bonds is 7. The Hall–Kier alpha value is -1.82. The van der Waals surface area contributed by atoms with E-state index in [4.69, 9.17) is 21.1 Å². The standard InChI is InChI=1S/C19H23ClN2O3/c1-2-22-9-3-4-14(22)11-21-12-15-6-8-18(25-15)16-10-13(19(23)24)5-7-17(16)20/h5-8,10,14,21H,2-4,9,11-12H2,1H3,(H,23,24). The summed E-state index contributed by atoms with van der Waals surface area (Å²) in [4.78, 5) is 13.6. The number of carboxylic acids is 1. The van der Waals surface area contributed by atoms with Crippen molar-refractivity contribution in [3.05, 3.63) is 46.7 Å². The highest BCUT2D eigenvalue weighted by molar-refractivity contribution is 6.33. The topological polar surface area (TPSA) is 65.7 Å². The Morgan fingerprint density at radius 1 is 1.40 bits per heavy atom. The van der Waals surface area contributed by atoms with Gasteiger partial charge in [0.15, 0.2) is 0 Å². The predicted molar refractivity (Wildman–Crippen MR) is 98.1 cm³/mol. The number of nitrogens with zero attached hydrogens (tertiary/aromatic N) is 1. The van der Waals surface area contributed by atoms with Crippen molar-refractivity contribution in [2.24, 2.45) is 0 Å². The highest BCUT2D eigenvalue weighted by Crippen LogP contribution is 2.30. The van der Waals surface area contributed by atoms with Gasteiger partial charge in [-0.15, -0.1) is 0 Å². The lowest BCUT2D eigenvalue weighted by molar-refractivity contribution is 0.0697. The van der Waals surface area contributed by atoms with E-state index in [1.165, 1.54) is 25.5 Å². The van der Waals surface area contributed by atoms with Crippen LogP contribution in [0.15, 0.2) is 34.7 Å². The number of nitrogens with one attached hydrogen (secondary N) is 1. The van der Waals surface area contributed by atoms with E-state index >= 15 is 0 Å². The van der Waals surface area contributed by atoms with Gasteiger partial charge in [0.25, 0.3) is 0 Å². The number of aromatic carboxylic acids is 1. The molecule has 0 radical (unpaired) electrons. The van der Waals surface area contributed by atoms with Gasteiger partial charge in [0.05, 0.1) is 17.1 Å². The molecule has 3 rings (SSSR count). The van der Waals surface area contributed by atoms with Crippen LogP contribution < -0.4 is 5.32 Å². The smallest absolute Gasteiger partial charge is 0.335 e. The Balaban J connectivity index is 1.63. The van der Waals surface area contributed by atoms with Gasteiger partial charge in [-0.2, -0.15) is 0 Å². The molecular formula is C19H23ClN2O3. The van der Waals surface area contributed by atoms with E-state index in [1.54, 1.807) is 12.1 Å². The Labute approximate surface area is 152 Å². The minimum Gasteiger partial charge on any atom is -0.478 e. The van der Waals surface area contributed by atoms with E-state index in [0.717, 1.165) is 18.8 Å². The average Bonchev–Trinajstić information content (AvgIpc) is 3.24. The molecule has 1 aromatic carbocycles. The molecule has 25 heavy (non-hydrogen) atoms. The minimum absolute atomic E-state index is 0.191. The van der Waals surface area contributed by atoms with Crippen LogP contribution >= 0.6 is 11.6 Å². The zero-order valence-corrected chi connectivity index (χ0v) is 15.1. The van der Waals surface area contributed by atoms with Gasteiger partial charge < -0.3 is 14.8 Å². The molecule has 0 aliphatic carbocycles. The second-order valence-corrected chi connectivity index (χ2v) is 6.73. The lowest BCUT2D eigenvalue weighted by atomic mass is 10.1. The van der Waals surface area contributed by atoms with Gasteiger partial charge >= 0.3 is 5.97 Å². The monoisotopic (exact) mass is 362 g/mol. The Bertz CT molecular complexity index is 744. The van der Waals surface area contributed by atoms with Crippen LogP contribution in [-0.4, -0.2) is 41.7 Å². The zero-order valence-electron chi connectivity index (χ0n) is 14.3. The Morgan fingerprint density at radius 2 is 2.24 bits per heavy atom. The first-order chi connectivity index (χ1) is 12.1. The molecule has 1 aromatic heterocycles. The summed E-state index contributed by atoms with van der Waals surface area (Å²) in [7, 11) is 0. The van der Waals surface area contributed by atoms with Crippen LogP contribution in [-0.2, 0) is 6.54 Å². The quantitative estimate of drug-likeness (QED) is 0.782. The lowest BCUT2D eigenvalue weighted by Gasteiger charge is -2.22. The number of likely N-dealkylation sites (N-methyl/N-ethyl adjacent to an activating group) is 1. The maximum absolute atomic E-state index is 11.1. The second-order valence-electron chi connectivity index (χ2n) is 6.32. The Kier molecular flexibility index (Phi) is 5.78. The van der Waals surface area contributed by atoms with Crippen molar-refractivity contribution in [1.82, 2.24) is 10.2 Å². The summed E-state index contributed by atoms with van der Waals surface area (Å²) in [6.07, 6.45) is 2.51. The molecule has 0 saturated carbocycles. The number of halogens is 1. The van der Waals surface area contributed by atoms with Gasteiger partial charge in [0, 0.05) is 18.2 Å². The summed E-state index contributed by atoms with van der Waals surface area (Å²) in [6, 6.07) is 8.94. The first-order valence-corrected chi connectivity index (χ1v) is 9.03. The van der Waals surface area contributed by atoms with E-state index in [-0.39, 0.29) is 5.56 Å².